The van der Waals surface area contributed by atoms with Crippen LogP contribution in [0, 0.1) is 5.82 Å². The molecule has 0 N–H and O–H groups in total. The second-order valence-corrected chi connectivity index (χ2v) is 20.5. The Bertz CT molecular complexity index is 2650. The number of aromatic nitrogens is 2. The van der Waals surface area contributed by atoms with Crippen LogP contribution in [0.5, 0.6) is 0 Å². The van der Waals surface area contributed by atoms with Crippen LogP contribution in [0.25, 0.3) is 66.1 Å². The van der Waals surface area contributed by atoms with E-state index in [9.17, 15) is 0 Å². The third-order valence-electron chi connectivity index (χ3n) is 12.0. The Morgan fingerprint density at radius 2 is 0.695 bits per heavy atom. The summed E-state index contributed by atoms with van der Waals surface area (Å²) in [6, 6.07) is 33.8. The van der Waals surface area contributed by atoms with E-state index in [1.807, 2.05) is 48.5 Å². The fourth-order valence-electron chi connectivity index (χ4n) is 8.54. The molecule has 304 valence electrons. The smallest absolute Gasteiger partial charge is 0.309 e. The van der Waals surface area contributed by atoms with Gasteiger partial charge in [-0.1, -0.05) is 126 Å². The molecule has 8 rings (SSSR count). The highest BCUT2D eigenvalue weighted by Gasteiger charge is 2.40. The van der Waals surface area contributed by atoms with Crippen molar-refractivity contribution in [3.8, 4) is 22.5 Å². The summed E-state index contributed by atoms with van der Waals surface area (Å²) in [4.78, 5) is 0. The molecule has 59 heavy (non-hydrogen) atoms. The number of fused-ring (bicyclic) bond motifs is 6. The predicted molar refractivity (Wildman–Crippen MR) is 240 cm³/mol. The highest BCUT2D eigenvalue weighted by Crippen LogP contribution is 2.48. The first-order chi connectivity index (χ1) is 27.3. The Hall–Kier alpha value is -5.36. The van der Waals surface area contributed by atoms with Gasteiger partial charge in [0.05, 0.1) is 33.4 Å². The van der Waals surface area contributed by atoms with Crippen molar-refractivity contribution in [3.05, 3.63) is 143 Å². The van der Waals surface area contributed by atoms with E-state index in [2.05, 4.69) is 107 Å². The van der Waals surface area contributed by atoms with Crippen LogP contribution in [0.2, 0.25) is 0 Å². The van der Waals surface area contributed by atoms with E-state index in [0.29, 0.717) is 27.6 Å². The molecule has 2 aromatic heterocycles. The van der Waals surface area contributed by atoms with Crippen molar-refractivity contribution in [2.75, 3.05) is 0 Å². The average Bonchev–Trinajstić information content (AvgIpc) is 3.64. The standard InChI is InChI=1S/C53H54F4N2/c1-49(2,3)32-17-21-42-37(27-32)38-28-33(50(4,5)6)18-22-43(38)58(42)46-25-31(36-15-13-14-16-41(36)54)26-47(48(46)53(55,56)57)59-44-23-19-34(51(7,8)9)29-39(44)40-30-35(52(10,11)12)20-24-45(40)59/h13-30H,1-12H3. The van der Waals surface area contributed by atoms with Crippen LogP contribution in [-0.4, -0.2) is 9.13 Å². The summed E-state index contributed by atoms with van der Waals surface area (Å²) < 4.78 is 68.9. The lowest BCUT2D eigenvalue weighted by molar-refractivity contribution is -0.137. The van der Waals surface area contributed by atoms with E-state index in [1.54, 1.807) is 27.3 Å². The SMILES string of the molecule is CC(C)(C)c1ccc2c(c1)c1cc(C(C)(C)C)ccc1n2-c1cc(-c2ccccc2F)cc(-n2c3ccc(C(C)(C)C)cc3c3cc(C(C)(C)C)ccc32)c1C(F)(F)F. The molecule has 0 saturated carbocycles. The third-order valence-corrected chi connectivity index (χ3v) is 12.0. The Morgan fingerprint density at radius 3 is 0.966 bits per heavy atom. The van der Waals surface area contributed by atoms with Crippen LogP contribution in [0.1, 0.15) is 111 Å². The van der Waals surface area contributed by atoms with Gasteiger partial charge in [0.25, 0.3) is 0 Å². The molecule has 0 aliphatic rings. The minimum absolute atomic E-state index is 0.0621. The number of benzene rings is 6. The van der Waals surface area contributed by atoms with Crippen LogP contribution in [0.4, 0.5) is 17.6 Å². The summed E-state index contributed by atoms with van der Waals surface area (Å²) in [6.45, 7) is 25.7. The molecule has 0 spiro atoms. The predicted octanol–water partition coefficient (Wildman–Crippen LogP) is 15.9. The fraction of sp³-hybridized carbons (Fsp3) is 0.321. The molecule has 2 nitrogen and oxygen atoms in total. The van der Waals surface area contributed by atoms with Crippen LogP contribution in [0.15, 0.2) is 109 Å². The normalized spacial score (nSPS) is 13.4. The maximum atomic E-state index is 16.5. The molecule has 8 aromatic rings. The molecule has 0 bridgehead atoms. The zero-order chi connectivity index (χ0) is 42.8. The Labute approximate surface area is 345 Å². The molecule has 2 heterocycles. The summed E-state index contributed by atoms with van der Waals surface area (Å²) in [7, 11) is 0. The van der Waals surface area contributed by atoms with Crippen molar-refractivity contribution in [2.45, 2.75) is 111 Å². The van der Waals surface area contributed by atoms with Crippen LogP contribution in [0.3, 0.4) is 0 Å². The topological polar surface area (TPSA) is 9.86 Å². The fourth-order valence-corrected chi connectivity index (χ4v) is 8.54. The van der Waals surface area contributed by atoms with E-state index in [1.165, 1.54) is 18.2 Å². The second-order valence-electron chi connectivity index (χ2n) is 20.5. The van der Waals surface area contributed by atoms with Gasteiger partial charge in [0.2, 0.25) is 0 Å². The van der Waals surface area contributed by atoms with E-state index >= 15 is 17.6 Å². The Kier molecular flexibility index (Phi) is 9.13. The lowest BCUT2D eigenvalue weighted by atomic mass is 9.85. The lowest BCUT2D eigenvalue weighted by Crippen LogP contribution is -2.16. The van der Waals surface area contributed by atoms with Gasteiger partial charge in [-0.15, -0.1) is 0 Å². The molecular weight excluding hydrogens is 741 g/mol. The maximum absolute atomic E-state index is 16.5. The molecule has 6 aromatic carbocycles. The van der Waals surface area contributed by atoms with Crippen molar-refractivity contribution in [1.29, 1.82) is 0 Å². The van der Waals surface area contributed by atoms with Gasteiger partial charge in [-0.25, -0.2) is 4.39 Å². The van der Waals surface area contributed by atoms with Gasteiger partial charge in [-0.3, -0.25) is 0 Å². The summed E-state index contributed by atoms with van der Waals surface area (Å²) in [5.74, 6) is -0.511. The van der Waals surface area contributed by atoms with E-state index in [0.717, 1.165) is 43.8 Å². The van der Waals surface area contributed by atoms with Gasteiger partial charge < -0.3 is 9.13 Å². The molecular formula is C53H54F4N2. The molecule has 0 atom stereocenters. The van der Waals surface area contributed by atoms with Gasteiger partial charge in [0.15, 0.2) is 0 Å². The summed E-state index contributed by atoms with van der Waals surface area (Å²) in [5, 5.41) is 3.47. The van der Waals surface area contributed by atoms with Crippen molar-refractivity contribution in [3.63, 3.8) is 0 Å². The monoisotopic (exact) mass is 794 g/mol. The first kappa shape index (κ1) is 40.4. The highest BCUT2D eigenvalue weighted by atomic mass is 19.4. The molecule has 0 fully saturated rings. The van der Waals surface area contributed by atoms with Crippen LogP contribution < -0.4 is 0 Å². The van der Waals surface area contributed by atoms with Crippen LogP contribution >= 0.6 is 0 Å². The number of nitrogens with zero attached hydrogens (tertiary/aromatic N) is 2. The number of rotatable bonds is 3. The van der Waals surface area contributed by atoms with Crippen molar-refractivity contribution >= 4 is 43.6 Å². The Balaban J connectivity index is 1.59. The van der Waals surface area contributed by atoms with E-state index in [4.69, 9.17) is 0 Å². The number of hydrogen-bond acceptors (Lipinski definition) is 0. The molecule has 0 aliphatic carbocycles. The third kappa shape index (κ3) is 6.92. The summed E-state index contributed by atoms with van der Waals surface area (Å²) >= 11 is 0. The minimum atomic E-state index is -4.82. The molecule has 6 heteroatoms. The quantitative estimate of drug-likeness (QED) is 0.158. The minimum Gasteiger partial charge on any atom is -0.309 e. The molecule has 0 saturated heterocycles. The van der Waals surface area contributed by atoms with Gasteiger partial charge in [0.1, 0.15) is 11.4 Å². The zero-order valence-electron chi connectivity index (χ0n) is 36.3. The van der Waals surface area contributed by atoms with Gasteiger partial charge in [0, 0.05) is 27.1 Å². The van der Waals surface area contributed by atoms with Crippen molar-refractivity contribution in [2.24, 2.45) is 0 Å². The lowest BCUT2D eigenvalue weighted by Gasteiger charge is -2.24. The molecule has 0 aliphatic heterocycles. The molecule has 0 amide bonds. The summed E-state index contributed by atoms with van der Waals surface area (Å²) in [5.41, 5.74) is 5.76. The van der Waals surface area contributed by atoms with E-state index < -0.39 is 17.6 Å². The van der Waals surface area contributed by atoms with E-state index in [-0.39, 0.29) is 38.6 Å². The number of hydrogen-bond donors (Lipinski definition) is 0. The van der Waals surface area contributed by atoms with Gasteiger partial charge in [-0.2, -0.15) is 13.2 Å². The largest absolute Gasteiger partial charge is 0.420 e. The molecule has 0 unspecified atom stereocenters. The Morgan fingerprint density at radius 1 is 0.390 bits per heavy atom. The number of halogens is 4. The van der Waals surface area contributed by atoms with Gasteiger partial charge >= 0.3 is 6.18 Å². The van der Waals surface area contributed by atoms with Gasteiger partial charge in [-0.05, 0) is 116 Å². The molecule has 0 radical (unpaired) electrons. The van der Waals surface area contributed by atoms with Crippen molar-refractivity contribution < 1.29 is 17.6 Å². The first-order valence-electron chi connectivity index (χ1n) is 20.5. The maximum Gasteiger partial charge on any atom is 0.420 e. The number of alkyl halides is 3. The second kappa shape index (κ2) is 13.3. The van der Waals surface area contributed by atoms with Crippen LogP contribution in [-0.2, 0) is 27.8 Å². The average molecular weight is 795 g/mol. The zero-order valence-corrected chi connectivity index (χ0v) is 36.3. The summed E-state index contributed by atoms with van der Waals surface area (Å²) in [6.07, 6.45) is -4.82. The van der Waals surface area contributed by atoms with Crippen molar-refractivity contribution in [1.82, 2.24) is 9.13 Å². The highest BCUT2D eigenvalue weighted by molar-refractivity contribution is 6.12. The first-order valence-corrected chi connectivity index (χ1v) is 20.5.